The molecule has 9 heteroatoms. The van der Waals surface area contributed by atoms with Crippen molar-refractivity contribution in [3.8, 4) is 23.0 Å². The van der Waals surface area contributed by atoms with E-state index < -0.39 is 5.92 Å². The molecule has 0 radical (unpaired) electrons. The fraction of sp³-hybridized carbons (Fsp3) is 0.364. The molecule has 1 fully saturated rings. The Balaban J connectivity index is 1.30. The van der Waals surface area contributed by atoms with Gasteiger partial charge in [0.2, 0.25) is 11.8 Å². The Morgan fingerprint density at radius 2 is 1.61 bits per heavy atom. The van der Waals surface area contributed by atoms with Crippen molar-refractivity contribution in [2.24, 2.45) is 5.92 Å². The first-order valence-corrected chi connectivity index (χ1v) is 10.6. The maximum atomic E-state index is 12.9. The number of hydrogen-bond donors (Lipinski definition) is 1. The molecule has 0 bridgehead atoms. The summed E-state index contributed by atoms with van der Waals surface area (Å²) >= 11 is 6.33. The Morgan fingerprint density at radius 1 is 0.935 bits per heavy atom. The van der Waals surface area contributed by atoms with Crippen LogP contribution < -0.4 is 29.2 Å². The van der Waals surface area contributed by atoms with Crippen LogP contribution in [0.3, 0.4) is 0 Å². The topological polar surface area (TPSA) is 86.3 Å². The van der Waals surface area contributed by atoms with E-state index in [1.165, 1.54) is 0 Å². The van der Waals surface area contributed by atoms with Crippen molar-refractivity contribution in [2.45, 2.75) is 12.8 Å². The summed E-state index contributed by atoms with van der Waals surface area (Å²) in [5.74, 6) is 1.45. The Morgan fingerprint density at radius 3 is 2.42 bits per heavy atom. The minimum Gasteiger partial charge on any atom is -0.490 e. The monoisotopic (exact) mass is 444 g/mol. The SMILES string of the molecule is O=C(Nc1cc2c(cc1Cl)OCCCO2)[C@H]1CC(=O)N(c2ccc3c(c2)OCCO3)C1. The van der Waals surface area contributed by atoms with E-state index in [4.69, 9.17) is 30.5 Å². The van der Waals surface area contributed by atoms with Crippen LogP contribution in [0.2, 0.25) is 5.02 Å². The van der Waals surface area contributed by atoms with Crippen LogP contribution in [0.25, 0.3) is 0 Å². The molecule has 0 aliphatic carbocycles. The van der Waals surface area contributed by atoms with Gasteiger partial charge in [0.25, 0.3) is 0 Å². The zero-order valence-corrected chi connectivity index (χ0v) is 17.4. The number of carbonyl (C=O) groups excluding carboxylic acids is 2. The van der Waals surface area contributed by atoms with Crippen molar-refractivity contribution in [3.63, 3.8) is 0 Å². The van der Waals surface area contributed by atoms with Crippen molar-refractivity contribution < 1.29 is 28.5 Å². The molecule has 0 aromatic heterocycles. The molecule has 0 unspecified atom stereocenters. The zero-order valence-electron chi connectivity index (χ0n) is 16.7. The summed E-state index contributed by atoms with van der Waals surface area (Å²) in [5, 5.41) is 3.19. The number of nitrogens with one attached hydrogen (secondary N) is 1. The normalized spacial score (nSPS) is 19.7. The van der Waals surface area contributed by atoms with Crippen LogP contribution in [-0.2, 0) is 9.59 Å². The van der Waals surface area contributed by atoms with Crippen molar-refractivity contribution in [3.05, 3.63) is 35.4 Å². The molecular formula is C22H21ClN2O6. The van der Waals surface area contributed by atoms with Gasteiger partial charge in [0.1, 0.15) is 13.2 Å². The first-order valence-electron chi connectivity index (χ1n) is 10.2. The van der Waals surface area contributed by atoms with Crippen LogP contribution in [0.15, 0.2) is 30.3 Å². The molecule has 3 aliphatic heterocycles. The van der Waals surface area contributed by atoms with E-state index in [1.807, 2.05) is 0 Å². The predicted octanol–water partition coefficient (Wildman–Crippen LogP) is 3.26. The fourth-order valence-electron chi connectivity index (χ4n) is 3.85. The van der Waals surface area contributed by atoms with Gasteiger partial charge in [-0.2, -0.15) is 0 Å². The van der Waals surface area contributed by atoms with Gasteiger partial charge in [0, 0.05) is 43.3 Å². The Hall–Kier alpha value is -3.13. The van der Waals surface area contributed by atoms with Crippen molar-refractivity contribution >= 4 is 34.8 Å². The third-order valence-corrected chi connectivity index (χ3v) is 5.74. The van der Waals surface area contributed by atoms with Gasteiger partial charge in [0.05, 0.1) is 29.8 Å². The highest BCUT2D eigenvalue weighted by molar-refractivity contribution is 6.34. The third-order valence-electron chi connectivity index (χ3n) is 5.43. The van der Waals surface area contributed by atoms with Crippen LogP contribution in [0.1, 0.15) is 12.8 Å². The van der Waals surface area contributed by atoms with E-state index in [0.29, 0.717) is 65.8 Å². The largest absolute Gasteiger partial charge is 0.490 e. The molecule has 1 saturated heterocycles. The summed E-state index contributed by atoms with van der Waals surface area (Å²) in [5.41, 5.74) is 1.11. The van der Waals surface area contributed by atoms with Gasteiger partial charge in [-0.05, 0) is 12.1 Å². The first-order chi connectivity index (χ1) is 15.1. The summed E-state index contributed by atoms with van der Waals surface area (Å²) in [4.78, 5) is 27.1. The van der Waals surface area contributed by atoms with Crippen molar-refractivity contribution in [2.75, 3.05) is 43.2 Å². The highest BCUT2D eigenvalue weighted by Crippen LogP contribution is 2.39. The smallest absolute Gasteiger partial charge is 0.229 e. The minimum atomic E-state index is -0.507. The van der Waals surface area contributed by atoms with Crippen LogP contribution >= 0.6 is 11.6 Å². The van der Waals surface area contributed by atoms with Gasteiger partial charge in [-0.1, -0.05) is 11.6 Å². The predicted molar refractivity (Wildman–Crippen MR) is 114 cm³/mol. The highest BCUT2D eigenvalue weighted by atomic mass is 35.5. The number of halogens is 1. The van der Waals surface area contributed by atoms with Gasteiger partial charge >= 0.3 is 0 Å². The summed E-state index contributed by atoms with van der Waals surface area (Å²) in [6.07, 6.45) is 0.885. The quantitative estimate of drug-likeness (QED) is 0.782. The summed E-state index contributed by atoms with van der Waals surface area (Å²) in [7, 11) is 0. The molecule has 0 spiro atoms. The maximum Gasteiger partial charge on any atom is 0.229 e. The van der Waals surface area contributed by atoms with E-state index in [-0.39, 0.29) is 24.8 Å². The standard InChI is InChI=1S/C22H21ClN2O6/c23-15-10-19-20(29-5-1-4-28-19)11-16(15)24-22(27)13-8-21(26)25(12-13)14-2-3-17-18(9-14)31-7-6-30-17/h2-3,9-11,13H,1,4-8,12H2,(H,24,27)/t13-/m0/s1. The second-order valence-electron chi connectivity index (χ2n) is 7.55. The molecule has 1 N–H and O–H groups in total. The van der Waals surface area contributed by atoms with Crippen LogP contribution in [0.4, 0.5) is 11.4 Å². The first kappa shape index (κ1) is 19.8. The molecule has 162 valence electrons. The number of rotatable bonds is 3. The molecule has 1 atom stereocenters. The van der Waals surface area contributed by atoms with E-state index in [2.05, 4.69) is 5.32 Å². The van der Waals surface area contributed by atoms with Gasteiger partial charge in [0.15, 0.2) is 23.0 Å². The third kappa shape index (κ3) is 3.95. The molecule has 5 rings (SSSR count). The molecule has 3 heterocycles. The number of anilines is 2. The van der Waals surface area contributed by atoms with Crippen LogP contribution in [0.5, 0.6) is 23.0 Å². The lowest BCUT2D eigenvalue weighted by atomic mass is 10.1. The average molecular weight is 445 g/mol. The lowest BCUT2D eigenvalue weighted by Crippen LogP contribution is -2.28. The van der Waals surface area contributed by atoms with Crippen molar-refractivity contribution in [1.82, 2.24) is 0 Å². The average Bonchev–Trinajstić information content (AvgIpc) is 3.02. The molecule has 31 heavy (non-hydrogen) atoms. The number of benzene rings is 2. The van der Waals surface area contributed by atoms with Gasteiger partial charge in [-0.25, -0.2) is 0 Å². The second kappa shape index (κ2) is 8.19. The van der Waals surface area contributed by atoms with Gasteiger partial charge < -0.3 is 29.2 Å². The Bertz CT molecular complexity index is 1040. The summed E-state index contributed by atoms with van der Waals surface area (Å²) in [6, 6.07) is 8.65. The lowest BCUT2D eigenvalue weighted by molar-refractivity contribution is -0.122. The van der Waals surface area contributed by atoms with E-state index in [9.17, 15) is 9.59 Å². The number of nitrogens with zero attached hydrogens (tertiary/aromatic N) is 1. The Kier molecular flexibility index (Phi) is 5.23. The lowest BCUT2D eigenvalue weighted by Gasteiger charge is -2.22. The summed E-state index contributed by atoms with van der Waals surface area (Å²) in [6.45, 7) is 2.32. The van der Waals surface area contributed by atoms with E-state index in [0.717, 1.165) is 6.42 Å². The number of hydrogen-bond acceptors (Lipinski definition) is 6. The van der Waals surface area contributed by atoms with Gasteiger partial charge in [-0.15, -0.1) is 0 Å². The van der Waals surface area contributed by atoms with Gasteiger partial charge in [-0.3, -0.25) is 9.59 Å². The highest BCUT2D eigenvalue weighted by Gasteiger charge is 2.36. The summed E-state index contributed by atoms with van der Waals surface area (Å²) < 4.78 is 22.4. The number of carbonyl (C=O) groups is 2. The molecular weight excluding hydrogens is 424 g/mol. The number of amides is 2. The fourth-order valence-corrected chi connectivity index (χ4v) is 4.05. The van der Waals surface area contributed by atoms with Crippen LogP contribution in [-0.4, -0.2) is 44.8 Å². The van der Waals surface area contributed by atoms with Crippen molar-refractivity contribution in [1.29, 1.82) is 0 Å². The number of fused-ring (bicyclic) bond motifs is 2. The molecule has 0 saturated carbocycles. The molecule has 2 aromatic rings. The maximum absolute atomic E-state index is 12.9. The number of ether oxygens (including phenoxy) is 4. The van der Waals surface area contributed by atoms with E-state index in [1.54, 1.807) is 35.2 Å². The molecule has 8 nitrogen and oxygen atoms in total. The minimum absolute atomic E-state index is 0.114. The zero-order chi connectivity index (χ0) is 21.4. The molecule has 2 aromatic carbocycles. The van der Waals surface area contributed by atoms with E-state index >= 15 is 0 Å². The second-order valence-corrected chi connectivity index (χ2v) is 7.96. The molecule has 3 aliphatic rings. The Labute approximate surface area is 184 Å². The van der Waals surface area contributed by atoms with Crippen LogP contribution in [0, 0.1) is 5.92 Å². The molecule has 2 amide bonds.